The van der Waals surface area contributed by atoms with Crippen molar-refractivity contribution in [2.24, 2.45) is 11.8 Å². The molecule has 3 aliphatic heterocycles. The molecule has 3 aliphatic carbocycles. The van der Waals surface area contributed by atoms with Gasteiger partial charge in [0.15, 0.2) is 0 Å². The van der Waals surface area contributed by atoms with E-state index in [2.05, 4.69) is 28.0 Å². The standard InChI is InChI=1S/C39H53N5O8S/c1-2-28-21-39(28,37(48)42-53(50,51)30-18-19-30)41-35(46)32-20-29-23-44(32)36(47)34(26-13-8-6-9-14-26)40-33(45)17-10-5-3-4-7-12-25-15-11-16-27-22-43(24-31(25)27)38(49)52-29/h2,11,15-16,26,28-30,32,34H,1,3-10,12-14,17-24H2,(H,40,45)(H,41,46)(H,42,48)/t28-,29+,32-,34-,39+/m0/s1. The fourth-order valence-corrected chi connectivity index (χ4v) is 10.2. The average molecular weight is 752 g/mol. The van der Waals surface area contributed by atoms with Crippen LogP contribution in [-0.2, 0) is 53.4 Å². The van der Waals surface area contributed by atoms with E-state index in [9.17, 15) is 32.4 Å². The molecule has 1 saturated heterocycles. The fourth-order valence-electron chi connectivity index (χ4n) is 8.87. The third kappa shape index (κ3) is 8.12. The van der Waals surface area contributed by atoms with Crippen LogP contribution < -0.4 is 15.4 Å². The van der Waals surface area contributed by atoms with Crippen LogP contribution >= 0.6 is 0 Å². The van der Waals surface area contributed by atoms with Gasteiger partial charge in [-0.05, 0) is 74.0 Å². The molecule has 14 heteroatoms. The Morgan fingerprint density at radius 1 is 0.925 bits per heavy atom. The Labute approximate surface area is 312 Å². The highest BCUT2D eigenvalue weighted by atomic mass is 32.2. The number of sulfonamides is 1. The topological polar surface area (TPSA) is 171 Å². The van der Waals surface area contributed by atoms with E-state index in [0.29, 0.717) is 38.8 Å². The Bertz CT molecular complexity index is 1740. The summed E-state index contributed by atoms with van der Waals surface area (Å²) in [4.78, 5) is 72.6. The zero-order chi connectivity index (χ0) is 37.3. The summed E-state index contributed by atoms with van der Waals surface area (Å²) in [6, 6.07) is 4.18. The molecule has 0 aromatic heterocycles. The average Bonchev–Trinajstić information content (AvgIpc) is 4.04. The second-order valence-electron chi connectivity index (χ2n) is 16.1. The first-order valence-electron chi connectivity index (χ1n) is 19.6. The van der Waals surface area contributed by atoms with Crippen LogP contribution in [0.4, 0.5) is 4.79 Å². The van der Waals surface area contributed by atoms with Crippen molar-refractivity contribution < 1.29 is 37.1 Å². The lowest BCUT2D eigenvalue weighted by atomic mass is 9.83. The van der Waals surface area contributed by atoms with E-state index >= 15 is 0 Å². The van der Waals surface area contributed by atoms with E-state index in [1.165, 1.54) is 16.5 Å². The van der Waals surface area contributed by atoms with Crippen molar-refractivity contribution in [1.82, 2.24) is 25.2 Å². The van der Waals surface area contributed by atoms with Crippen LogP contribution in [0.25, 0.3) is 0 Å². The summed E-state index contributed by atoms with van der Waals surface area (Å²) in [5, 5.41) is 5.23. The first-order valence-corrected chi connectivity index (χ1v) is 21.2. The number of fused-ring (bicyclic) bond motifs is 3. The number of hydrogen-bond acceptors (Lipinski definition) is 8. The molecule has 288 valence electrons. The van der Waals surface area contributed by atoms with Crippen LogP contribution in [0, 0.1) is 11.8 Å². The minimum absolute atomic E-state index is 0.0164. The van der Waals surface area contributed by atoms with Crippen LogP contribution in [-0.4, -0.2) is 83.5 Å². The smallest absolute Gasteiger partial charge is 0.410 e. The van der Waals surface area contributed by atoms with Crippen molar-refractivity contribution in [1.29, 1.82) is 0 Å². The molecule has 3 N–H and O–H groups in total. The van der Waals surface area contributed by atoms with Gasteiger partial charge in [0, 0.05) is 31.8 Å². The quantitative estimate of drug-likeness (QED) is 0.354. The Hall–Kier alpha value is -3.94. The van der Waals surface area contributed by atoms with Crippen molar-refractivity contribution in [2.45, 2.75) is 145 Å². The number of rotatable bonds is 7. The number of amides is 5. The maximum atomic E-state index is 14.7. The molecule has 0 radical (unpaired) electrons. The Balaban J connectivity index is 1.15. The van der Waals surface area contributed by atoms with Gasteiger partial charge in [-0.1, -0.05) is 62.8 Å². The van der Waals surface area contributed by atoms with Gasteiger partial charge in [0.1, 0.15) is 23.7 Å². The van der Waals surface area contributed by atoms with Gasteiger partial charge in [0.25, 0.3) is 5.91 Å². The predicted octanol–water partition coefficient (Wildman–Crippen LogP) is 3.74. The van der Waals surface area contributed by atoms with E-state index in [-0.39, 0.29) is 31.2 Å². The first kappa shape index (κ1) is 37.4. The highest BCUT2D eigenvalue weighted by Crippen LogP contribution is 2.45. The van der Waals surface area contributed by atoms with E-state index in [0.717, 1.165) is 75.3 Å². The minimum atomic E-state index is -3.89. The van der Waals surface area contributed by atoms with Crippen LogP contribution in [0.15, 0.2) is 30.9 Å². The zero-order valence-corrected chi connectivity index (χ0v) is 31.3. The van der Waals surface area contributed by atoms with Crippen molar-refractivity contribution >= 4 is 39.7 Å². The molecule has 0 unspecified atom stereocenters. The highest BCUT2D eigenvalue weighted by molar-refractivity contribution is 7.91. The van der Waals surface area contributed by atoms with E-state index < -0.39 is 68.7 Å². The summed E-state index contributed by atoms with van der Waals surface area (Å²) in [5.41, 5.74) is 1.90. The summed E-state index contributed by atoms with van der Waals surface area (Å²) in [6.07, 6.45) is 11.5. The highest BCUT2D eigenvalue weighted by Gasteiger charge is 2.62. The van der Waals surface area contributed by atoms with E-state index in [1.54, 1.807) is 4.90 Å². The fraction of sp³-hybridized carbons (Fsp3) is 0.667. The molecule has 4 bridgehead atoms. The van der Waals surface area contributed by atoms with E-state index in [4.69, 9.17) is 4.74 Å². The lowest BCUT2D eigenvalue weighted by Gasteiger charge is -2.35. The maximum absolute atomic E-state index is 14.7. The van der Waals surface area contributed by atoms with Crippen molar-refractivity contribution in [3.8, 4) is 0 Å². The van der Waals surface area contributed by atoms with Crippen molar-refractivity contribution in [3.63, 3.8) is 0 Å². The van der Waals surface area contributed by atoms with Crippen LogP contribution in [0.3, 0.4) is 0 Å². The normalized spacial score (nSPS) is 30.2. The van der Waals surface area contributed by atoms with Gasteiger partial charge in [-0.2, -0.15) is 0 Å². The molecule has 1 aromatic carbocycles. The van der Waals surface area contributed by atoms with Crippen molar-refractivity contribution in [3.05, 3.63) is 47.5 Å². The molecular weight excluding hydrogens is 699 g/mol. The molecular formula is C39H53N5O8S. The summed E-state index contributed by atoms with van der Waals surface area (Å²) in [7, 11) is -3.89. The Morgan fingerprint density at radius 2 is 1.62 bits per heavy atom. The molecule has 0 spiro atoms. The monoisotopic (exact) mass is 751 g/mol. The number of ether oxygens (including phenoxy) is 1. The minimum Gasteiger partial charge on any atom is -0.444 e. The number of benzene rings is 1. The predicted molar refractivity (Wildman–Crippen MR) is 195 cm³/mol. The molecule has 7 rings (SSSR count). The van der Waals surface area contributed by atoms with Gasteiger partial charge in [0.05, 0.1) is 11.8 Å². The number of carbonyl (C=O) groups is 5. The largest absolute Gasteiger partial charge is 0.444 e. The van der Waals surface area contributed by atoms with Crippen molar-refractivity contribution in [2.75, 3.05) is 6.54 Å². The number of nitrogens with one attached hydrogen (secondary N) is 3. The van der Waals surface area contributed by atoms with Crippen LogP contribution in [0.5, 0.6) is 0 Å². The second kappa shape index (κ2) is 15.4. The van der Waals surface area contributed by atoms with Gasteiger partial charge in [-0.15, -0.1) is 6.58 Å². The lowest BCUT2D eigenvalue weighted by Crippen LogP contribution is -2.59. The molecule has 5 amide bonds. The van der Waals surface area contributed by atoms with Gasteiger partial charge < -0.3 is 20.3 Å². The van der Waals surface area contributed by atoms with Gasteiger partial charge in [0.2, 0.25) is 27.7 Å². The number of aryl methyl sites for hydroxylation is 1. The van der Waals surface area contributed by atoms with E-state index in [1.807, 2.05) is 12.1 Å². The van der Waals surface area contributed by atoms with Gasteiger partial charge in [-0.3, -0.25) is 28.8 Å². The lowest BCUT2D eigenvalue weighted by molar-refractivity contribution is -0.143. The van der Waals surface area contributed by atoms with Gasteiger partial charge >= 0.3 is 6.09 Å². The molecule has 3 heterocycles. The van der Waals surface area contributed by atoms with Crippen LogP contribution in [0.1, 0.15) is 113 Å². The molecule has 53 heavy (non-hydrogen) atoms. The maximum Gasteiger partial charge on any atom is 0.410 e. The zero-order valence-electron chi connectivity index (χ0n) is 30.5. The molecule has 6 aliphatic rings. The first-order chi connectivity index (χ1) is 25.5. The second-order valence-corrected chi connectivity index (χ2v) is 18.0. The number of nitrogens with zero attached hydrogens (tertiary/aromatic N) is 2. The summed E-state index contributed by atoms with van der Waals surface area (Å²) >= 11 is 0. The Morgan fingerprint density at radius 3 is 2.34 bits per heavy atom. The number of hydrogen-bond donors (Lipinski definition) is 3. The van der Waals surface area contributed by atoms with Gasteiger partial charge in [-0.25, -0.2) is 13.2 Å². The molecule has 5 atom stereocenters. The summed E-state index contributed by atoms with van der Waals surface area (Å²) in [6.45, 7) is 4.55. The molecule has 4 fully saturated rings. The third-order valence-electron chi connectivity index (χ3n) is 12.3. The Kier molecular flexibility index (Phi) is 10.9. The molecule has 13 nitrogen and oxygen atoms in total. The SMILES string of the molecule is C=C[C@H]1C[C@]1(NC(=O)[C@@H]1C[C@@H]2CN1C(=O)[C@H](C1CCCCC1)NC(=O)CCCCCCCc1cccc3c1CN(C3)C(=O)O2)C(=O)NS(=O)(=O)C1CC1. The molecule has 1 aromatic rings. The van der Waals surface area contributed by atoms with Crippen LogP contribution in [0.2, 0.25) is 0 Å². The number of carbonyl (C=O) groups excluding carboxylic acids is 5. The molecule has 3 saturated carbocycles. The summed E-state index contributed by atoms with van der Waals surface area (Å²) in [5.74, 6) is -2.71. The third-order valence-corrected chi connectivity index (χ3v) is 14.1. The summed E-state index contributed by atoms with van der Waals surface area (Å²) < 4.78 is 33.6.